The van der Waals surface area contributed by atoms with Crippen molar-refractivity contribution in [2.45, 2.75) is 4.90 Å². The monoisotopic (exact) mass is 319 g/mol. The molecule has 0 saturated heterocycles. The summed E-state index contributed by atoms with van der Waals surface area (Å²) in [7, 11) is -3.83. The molecule has 0 radical (unpaired) electrons. The molecular weight excluding hydrogens is 313 g/mol. The van der Waals surface area contributed by atoms with E-state index in [1.807, 2.05) is 0 Å². The van der Waals surface area contributed by atoms with E-state index in [2.05, 4.69) is 30.6 Å². The van der Waals surface area contributed by atoms with Crippen LogP contribution >= 0.6 is 15.9 Å². The summed E-state index contributed by atoms with van der Waals surface area (Å²) in [6.07, 6.45) is 2.88. The molecule has 0 aliphatic heterocycles. The predicted octanol–water partition coefficient (Wildman–Crippen LogP) is 2.11. The zero-order chi connectivity index (χ0) is 12.5. The van der Waals surface area contributed by atoms with Gasteiger partial charge in [-0.05, 0) is 34.1 Å². The Balaban J connectivity index is 2.35. The second-order valence-corrected chi connectivity index (χ2v) is 5.66. The van der Waals surface area contributed by atoms with Crippen LogP contribution in [0.2, 0.25) is 0 Å². The van der Waals surface area contributed by atoms with Gasteiger partial charge in [0, 0.05) is 12.4 Å². The first kappa shape index (κ1) is 12.1. The number of rotatable bonds is 3. The fourth-order valence-corrected chi connectivity index (χ4v) is 2.39. The lowest BCUT2D eigenvalue weighted by Crippen LogP contribution is -2.14. The Morgan fingerprint density at radius 3 is 2.76 bits per heavy atom. The molecule has 8 heteroatoms. The molecule has 0 fully saturated rings. The fourth-order valence-electron chi connectivity index (χ4n) is 1.15. The lowest BCUT2D eigenvalue weighted by atomic mass is 10.3. The number of sulfonamides is 1. The highest BCUT2D eigenvalue weighted by Gasteiger charge is 2.16. The maximum atomic E-state index is 13.2. The summed E-state index contributed by atoms with van der Waals surface area (Å²) in [6, 6.07) is 3.54. The zero-order valence-electron chi connectivity index (χ0n) is 8.31. The highest BCUT2D eigenvalue weighted by Crippen LogP contribution is 2.20. The third-order valence-corrected chi connectivity index (χ3v) is 3.91. The van der Waals surface area contributed by atoms with E-state index in [9.17, 15) is 12.8 Å². The second kappa shape index (κ2) is 4.46. The van der Waals surface area contributed by atoms with Gasteiger partial charge in [-0.2, -0.15) is 0 Å². The van der Waals surface area contributed by atoms with E-state index in [-0.39, 0.29) is 15.3 Å². The second-order valence-electron chi connectivity index (χ2n) is 3.12. The Kier molecular flexibility index (Phi) is 3.16. The van der Waals surface area contributed by atoms with Crippen LogP contribution in [0, 0.1) is 5.82 Å². The van der Waals surface area contributed by atoms with Gasteiger partial charge in [-0.15, -0.1) is 0 Å². The molecule has 17 heavy (non-hydrogen) atoms. The number of anilines is 1. The number of nitrogens with one attached hydrogen (secondary N) is 2. The Labute approximate surface area is 105 Å². The van der Waals surface area contributed by atoms with Crippen LogP contribution in [0.5, 0.6) is 0 Å². The van der Waals surface area contributed by atoms with Crippen molar-refractivity contribution in [2.75, 3.05) is 4.72 Å². The Bertz CT molecular complexity index is 628. The van der Waals surface area contributed by atoms with E-state index >= 15 is 0 Å². The molecule has 5 nitrogen and oxygen atoms in total. The lowest BCUT2D eigenvalue weighted by Gasteiger charge is -2.05. The summed E-state index contributed by atoms with van der Waals surface area (Å²) in [5.41, 5.74) is 0. The first-order valence-electron chi connectivity index (χ1n) is 4.46. The molecule has 0 aliphatic carbocycles. The van der Waals surface area contributed by atoms with Gasteiger partial charge in [-0.1, -0.05) is 0 Å². The van der Waals surface area contributed by atoms with Gasteiger partial charge in [0.2, 0.25) is 5.95 Å². The molecule has 0 bridgehead atoms. The van der Waals surface area contributed by atoms with Crippen LogP contribution < -0.4 is 4.72 Å². The van der Waals surface area contributed by atoms with Crippen molar-refractivity contribution in [3.05, 3.63) is 40.9 Å². The minimum atomic E-state index is -3.83. The molecule has 0 aliphatic rings. The van der Waals surface area contributed by atoms with Crippen LogP contribution in [0.4, 0.5) is 10.3 Å². The standard InChI is InChI=1S/C9H7BrFN3O2S/c10-7-2-1-6(5-8(7)11)17(15,16)14-9-12-3-4-13-9/h1-5H,(H2,12,13,14). The van der Waals surface area contributed by atoms with Crippen LogP contribution in [-0.2, 0) is 10.0 Å². The van der Waals surface area contributed by atoms with E-state index in [4.69, 9.17) is 0 Å². The Morgan fingerprint density at radius 1 is 1.41 bits per heavy atom. The molecule has 1 aromatic heterocycles. The fraction of sp³-hybridized carbons (Fsp3) is 0. The van der Waals surface area contributed by atoms with Crippen molar-refractivity contribution in [2.24, 2.45) is 0 Å². The number of benzene rings is 1. The van der Waals surface area contributed by atoms with E-state index < -0.39 is 15.8 Å². The van der Waals surface area contributed by atoms with Gasteiger partial charge in [0.15, 0.2) is 0 Å². The van der Waals surface area contributed by atoms with Gasteiger partial charge in [-0.3, -0.25) is 0 Å². The van der Waals surface area contributed by atoms with E-state index in [1.165, 1.54) is 24.5 Å². The number of aromatic nitrogens is 2. The maximum Gasteiger partial charge on any atom is 0.264 e. The minimum absolute atomic E-state index is 0.0772. The molecule has 2 aromatic rings. The first-order chi connectivity index (χ1) is 7.99. The van der Waals surface area contributed by atoms with Crippen molar-refractivity contribution in [3.8, 4) is 0 Å². The Morgan fingerprint density at radius 2 is 2.18 bits per heavy atom. The third-order valence-electron chi connectivity index (χ3n) is 1.93. The Hall–Kier alpha value is -1.41. The molecule has 0 unspecified atom stereocenters. The number of halogens is 2. The van der Waals surface area contributed by atoms with Crippen LogP contribution in [0.15, 0.2) is 40.0 Å². The largest absolute Gasteiger partial charge is 0.330 e. The molecule has 2 rings (SSSR count). The predicted molar refractivity (Wildman–Crippen MR) is 63.5 cm³/mol. The third kappa shape index (κ3) is 2.64. The smallest absolute Gasteiger partial charge is 0.264 e. The van der Waals surface area contributed by atoms with Crippen LogP contribution in [0.3, 0.4) is 0 Å². The van der Waals surface area contributed by atoms with E-state index in [0.29, 0.717) is 0 Å². The summed E-state index contributed by atoms with van der Waals surface area (Å²) < 4.78 is 39.2. The van der Waals surface area contributed by atoms with Crippen molar-refractivity contribution in [3.63, 3.8) is 0 Å². The van der Waals surface area contributed by atoms with Crippen molar-refractivity contribution >= 4 is 31.9 Å². The van der Waals surface area contributed by atoms with Gasteiger partial charge < -0.3 is 4.98 Å². The lowest BCUT2D eigenvalue weighted by molar-refractivity contribution is 0.593. The van der Waals surface area contributed by atoms with E-state index in [0.717, 1.165) is 6.07 Å². The van der Waals surface area contributed by atoms with Gasteiger partial charge in [-0.25, -0.2) is 22.5 Å². The number of H-pyrrole nitrogens is 1. The maximum absolute atomic E-state index is 13.2. The van der Waals surface area contributed by atoms with Gasteiger partial charge >= 0.3 is 0 Å². The quantitative estimate of drug-likeness (QED) is 0.909. The molecule has 90 valence electrons. The minimum Gasteiger partial charge on any atom is -0.330 e. The molecule has 0 spiro atoms. The van der Waals surface area contributed by atoms with Crippen molar-refractivity contribution in [1.29, 1.82) is 0 Å². The van der Waals surface area contributed by atoms with Crippen LogP contribution in [-0.4, -0.2) is 18.4 Å². The van der Waals surface area contributed by atoms with Crippen molar-refractivity contribution in [1.82, 2.24) is 9.97 Å². The van der Waals surface area contributed by atoms with Crippen molar-refractivity contribution < 1.29 is 12.8 Å². The summed E-state index contributed by atoms with van der Waals surface area (Å²) in [4.78, 5) is 6.13. The number of hydrogen-bond acceptors (Lipinski definition) is 3. The van der Waals surface area contributed by atoms with Gasteiger partial charge in [0.25, 0.3) is 10.0 Å². The normalized spacial score (nSPS) is 11.4. The molecule has 2 N–H and O–H groups in total. The van der Waals surface area contributed by atoms with Crippen LogP contribution in [0.25, 0.3) is 0 Å². The number of aromatic amines is 1. The van der Waals surface area contributed by atoms with Gasteiger partial charge in [0.1, 0.15) is 5.82 Å². The topological polar surface area (TPSA) is 74.8 Å². The zero-order valence-corrected chi connectivity index (χ0v) is 10.7. The number of hydrogen-bond donors (Lipinski definition) is 2. The van der Waals surface area contributed by atoms with Crippen LogP contribution in [0.1, 0.15) is 0 Å². The van der Waals surface area contributed by atoms with E-state index in [1.54, 1.807) is 0 Å². The molecule has 1 heterocycles. The number of imidazole rings is 1. The summed E-state index contributed by atoms with van der Waals surface area (Å²) in [5.74, 6) is -0.569. The summed E-state index contributed by atoms with van der Waals surface area (Å²) in [6.45, 7) is 0. The highest BCUT2D eigenvalue weighted by molar-refractivity contribution is 9.10. The molecular formula is C9H7BrFN3O2S. The molecule has 0 amide bonds. The van der Waals surface area contributed by atoms with Gasteiger partial charge in [0.05, 0.1) is 9.37 Å². The average Bonchev–Trinajstić information content (AvgIpc) is 2.73. The first-order valence-corrected chi connectivity index (χ1v) is 6.74. The highest BCUT2D eigenvalue weighted by atomic mass is 79.9. The SMILES string of the molecule is O=S(=O)(Nc1ncc[nH]1)c1ccc(Br)c(F)c1. The summed E-state index contributed by atoms with van der Waals surface area (Å²) >= 11 is 2.95. The molecule has 0 saturated carbocycles. The molecule has 0 atom stereocenters. The number of nitrogens with zero attached hydrogens (tertiary/aromatic N) is 1. The molecule has 1 aromatic carbocycles. The summed E-state index contributed by atoms with van der Waals surface area (Å²) in [5, 5.41) is 0. The average molecular weight is 320 g/mol.